The third-order valence-corrected chi connectivity index (χ3v) is 4.25. The maximum atomic E-state index is 12.3. The number of benzene rings is 1. The van der Waals surface area contributed by atoms with Crippen LogP contribution in [0.25, 0.3) is 0 Å². The largest absolute Gasteiger partial charge is 0.468 e. The molecule has 7 heteroatoms. The number of carbonyl (C=O) groups excluding carboxylic acids is 1. The van der Waals surface area contributed by atoms with Crippen LogP contribution in [0.15, 0.2) is 63.6 Å². The average Bonchev–Trinajstić information content (AvgIpc) is 2.98. The molecule has 0 aliphatic heterocycles. The van der Waals surface area contributed by atoms with Gasteiger partial charge < -0.3 is 9.73 Å². The van der Waals surface area contributed by atoms with E-state index < -0.39 is 10.0 Å². The summed E-state index contributed by atoms with van der Waals surface area (Å²) >= 11 is 0. The number of nitrogens with one attached hydrogen (secondary N) is 2. The Morgan fingerprint density at radius 2 is 2.00 bits per heavy atom. The molecule has 1 amide bonds. The molecule has 2 aromatic rings. The van der Waals surface area contributed by atoms with Crippen LogP contribution >= 0.6 is 0 Å². The van der Waals surface area contributed by atoms with Gasteiger partial charge in [0.2, 0.25) is 15.9 Å². The van der Waals surface area contributed by atoms with Crippen LogP contribution in [0, 0.1) is 0 Å². The van der Waals surface area contributed by atoms with Gasteiger partial charge in [-0.25, -0.2) is 13.1 Å². The number of anilines is 1. The predicted octanol–water partition coefficient (Wildman–Crippen LogP) is 2.66. The van der Waals surface area contributed by atoms with E-state index in [0.717, 1.165) is 5.57 Å². The smallest absolute Gasteiger partial charge is 0.248 e. The fourth-order valence-corrected chi connectivity index (χ4v) is 2.88. The second-order valence-corrected chi connectivity index (χ2v) is 6.91. The van der Waals surface area contributed by atoms with Crippen LogP contribution in [0.3, 0.4) is 0 Å². The molecule has 1 aromatic carbocycles. The summed E-state index contributed by atoms with van der Waals surface area (Å²) in [5.74, 6) is 0.213. The normalized spacial score (nSPS) is 11.0. The van der Waals surface area contributed by atoms with Crippen molar-refractivity contribution in [3.63, 3.8) is 0 Å². The Kier molecular flexibility index (Phi) is 5.36. The van der Waals surface area contributed by atoms with Gasteiger partial charge >= 0.3 is 0 Å². The van der Waals surface area contributed by atoms with E-state index in [0.29, 0.717) is 11.4 Å². The minimum Gasteiger partial charge on any atom is -0.468 e. The third kappa shape index (κ3) is 5.08. The van der Waals surface area contributed by atoms with Crippen LogP contribution in [0.5, 0.6) is 0 Å². The Balaban J connectivity index is 2.11. The highest BCUT2D eigenvalue weighted by Crippen LogP contribution is 2.16. The van der Waals surface area contributed by atoms with Crippen molar-refractivity contribution in [2.24, 2.45) is 0 Å². The molecule has 0 radical (unpaired) electrons. The number of sulfonamides is 1. The standard InChI is InChI=1S/C16H18N2O4S/c1-12(2)9-16(19)18-13-5-3-7-15(10-13)23(20,21)17-11-14-6-4-8-22-14/h3-10,17H,11H2,1-2H3,(H,18,19). The fraction of sp³-hybridized carbons (Fsp3) is 0.188. The number of hydrogen-bond donors (Lipinski definition) is 2. The van der Waals surface area contributed by atoms with E-state index in [2.05, 4.69) is 10.0 Å². The number of furan rings is 1. The summed E-state index contributed by atoms with van der Waals surface area (Å²) in [6.45, 7) is 3.67. The second-order valence-electron chi connectivity index (χ2n) is 5.14. The van der Waals surface area contributed by atoms with Crippen molar-refractivity contribution in [2.45, 2.75) is 25.3 Å². The molecule has 0 spiro atoms. The van der Waals surface area contributed by atoms with Gasteiger partial charge in [-0.3, -0.25) is 4.79 Å². The summed E-state index contributed by atoms with van der Waals surface area (Å²) in [5, 5.41) is 2.63. The van der Waals surface area contributed by atoms with E-state index >= 15 is 0 Å². The first-order valence-electron chi connectivity index (χ1n) is 6.95. The summed E-state index contributed by atoms with van der Waals surface area (Å²) in [6.07, 6.45) is 2.92. The molecule has 0 unspecified atom stereocenters. The Morgan fingerprint density at radius 3 is 2.65 bits per heavy atom. The first kappa shape index (κ1) is 17.0. The summed E-state index contributed by atoms with van der Waals surface area (Å²) in [5.41, 5.74) is 1.26. The maximum Gasteiger partial charge on any atom is 0.248 e. The van der Waals surface area contributed by atoms with Gasteiger partial charge in [0.25, 0.3) is 0 Å². The second kappa shape index (κ2) is 7.26. The van der Waals surface area contributed by atoms with Gasteiger partial charge in [0, 0.05) is 11.8 Å². The molecule has 6 nitrogen and oxygen atoms in total. The van der Waals surface area contributed by atoms with Gasteiger partial charge in [-0.15, -0.1) is 0 Å². The molecule has 0 fully saturated rings. The summed E-state index contributed by atoms with van der Waals surface area (Å²) < 4.78 is 32.1. The Labute approximate surface area is 135 Å². The molecular weight excluding hydrogens is 316 g/mol. The van der Waals surface area contributed by atoms with Crippen molar-refractivity contribution in [3.05, 3.63) is 60.1 Å². The van der Waals surface area contributed by atoms with Gasteiger partial charge in [0.05, 0.1) is 17.7 Å². The number of hydrogen-bond acceptors (Lipinski definition) is 4. The molecule has 122 valence electrons. The molecule has 0 aliphatic carbocycles. The molecule has 1 aromatic heterocycles. The lowest BCUT2D eigenvalue weighted by atomic mass is 10.3. The Bertz CT molecular complexity index is 804. The fourth-order valence-electron chi connectivity index (χ4n) is 1.84. The zero-order valence-corrected chi connectivity index (χ0v) is 13.7. The zero-order chi connectivity index (χ0) is 16.9. The van der Waals surface area contributed by atoms with Gasteiger partial charge in [-0.05, 0) is 44.2 Å². The lowest BCUT2D eigenvalue weighted by Gasteiger charge is -2.08. The lowest BCUT2D eigenvalue weighted by molar-refractivity contribution is -0.111. The highest BCUT2D eigenvalue weighted by Gasteiger charge is 2.15. The van der Waals surface area contributed by atoms with Crippen LogP contribution in [0.4, 0.5) is 5.69 Å². The van der Waals surface area contributed by atoms with E-state index in [1.54, 1.807) is 38.1 Å². The van der Waals surface area contributed by atoms with Crippen molar-refractivity contribution < 1.29 is 17.6 Å². The van der Waals surface area contributed by atoms with Crippen LogP contribution in [0.2, 0.25) is 0 Å². The molecule has 0 aliphatic rings. The average molecular weight is 334 g/mol. The van der Waals surface area contributed by atoms with E-state index in [9.17, 15) is 13.2 Å². The van der Waals surface area contributed by atoms with Crippen LogP contribution < -0.4 is 10.0 Å². The van der Waals surface area contributed by atoms with E-state index in [1.807, 2.05) is 0 Å². The molecular formula is C16H18N2O4S. The minimum atomic E-state index is -3.69. The molecule has 1 heterocycles. The van der Waals surface area contributed by atoms with Crippen molar-refractivity contribution in [2.75, 3.05) is 5.32 Å². The van der Waals surface area contributed by atoms with Crippen LogP contribution in [-0.4, -0.2) is 14.3 Å². The summed E-state index contributed by atoms with van der Waals surface area (Å²) in [7, 11) is -3.69. The van der Waals surface area contributed by atoms with Gasteiger partial charge in [-0.1, -0.05) is 11.6 Å². The van der Waals surface area contributed by atoms with Gasteiger partial charge in [0.15, 0.2) is 0 Å². The van der Waals surface area contributed by atoms with E-state index in [1.165, 1.54) is 24.5 Å². The van der Waals surface area contributed by atoms with Gasteiger partial charge in [-0.2, -0.15) is 0 Å². The van der Waals surface area contributed by atoms with E-state index in [-0.39, 0.29) is 17.3 Å². The molecule has 0 saturated heterocycles. The molecule has 23 heavy (non-hydrogen) atoms. The van der Waals surface area contributed by atoms with Crippen molar-refractivity contribution in [3.8, 4) is 0 Å². The topological polar surface area (TPSA) is 88.4 Å². The Morgan fingerprint density at radius 1 is 1.22 bits per heavy atom. The molecule has 2 rings (SSSR count). The van der Waals surface area contributed by atoms with Crippen LogP contribution in [-0.2, 0) is 21.4 Å². The lowest BCUT2D eigenvalue weighted by Crippen LogP contribution is -2.23. The van der Waals surface area contributed by atoms with Crippen molar-refractivity contribution in [1.29, 1.82) is 0 Å². The zero-order valence-electron chi connectivity index (χ0n) is 12.9. The third-order valence-electron chi connectivity index (χ3n) is 2.85. The monoisotopic (exact) mass is 334 g/mol. The SMILES string of the molecule is CC(C)=CC(=O)Nc1cccc(S(=O)(=O)NCc2ccco2)c1. The highest BCUT2D eigenvalue weighted by atomic mass is 32.2. The first-order chi connectivity index (χ1) is 10.9. The van der Waals surface area contributed by atoms with Crippen LogP contribution in [0.1, 0.15) is 19.6 Å². The van der Waals surface area contributed by atoms with Crippen molar-refractivity contribution in [1.82, 2.24) is 4.72 Å². The van der Waals surface area contributed by atoms with E-state index in [4.69, 9.17) is 4.42 Å². The number of rotatable bonds is 6. The maximum absolute atomic E-state index is 12.3. The quantitative estimate of drug-likeness (QED) is 0.795. The number of amides is 1. The minimum absolute atomic E-state index is 0.0592. The molecule has 0 atom stereocenters. The predicted molar refractivity (Wildman–Crippen MR) is 87.2 cm³/mol. The molecule has 0 bridgehead atoms. The Hall–Kier alpha value is -2.38. The number of carbonyl (C=O) groups is 1. The van der Waals surface area contributed by atoms with Crippen molar-refractivity contribution >= 4 is 21.6 Å². The summed E-state index contributed by atoms with van der Waals surface area (Å²) in [6, 6.07) is 9.42. The first-order valence-corrected chi connectivity index (χ1v) is 8.43. The molecule has 2 N–H and O–H groups in total. The highest BCUT2D eigenvalue weighted by molar-refractivity contribution is 7.89. The summed E-state index contributed by atoms with van der Waals surface area (Å²) in [4.78, 5) is 11.8. The molecule has 0 saturated carbocycles. The number of allylic oxidation sites excluding steroid dienone is 1. The van der Waals surface area contributed by atoms with Gasteiger partial charge in [0.1, 0.15) is 5.76 Å².